The van der Waals surface area contributed by atoms with Crippen LogP contribution in [0.25, 0.3) is 0 Å². The average Bonchev–Trinajstić information content (AvgIpc) is 2.36. The molecule has 1 rings (SSSR count). The molecule has 1 fully saturated rings. The van der Waals surface area contributed by atoms with E-state index < -0.39 is 17.9 Å². The predicted octanol–water partition coefficient (Wildman–Crippen LogP) is 0.588. The van der Waals surface area contributed by atoms with Gasteiger partial charge in [0.05, 0.1) is 18.6 Å². The Kier molecular flexibility index (Phi) is 5.29. The summed E-state index contributed by atoms with van der Waals surface area (Å²) in [6.45, 7) is 2.90. The van der Waals surface area contributed by atoms with Gasteiger partial charge in [0.1, 0.15) is 0 Å². The smallest absolute Gasteiger partial charge is 0.324 e. The van der Waals surface area contributed by atoms with Gasteiger partial charge in [0, 0.05) is 20.1 Å². The number of carboxylic acid groups (broad SMARTS) is 1. The third-order valence-electron chi connectivity index (χ3n) is 3.25. The number of imide groups is 1. The number of amides is 3. The Labute approximate surface area is 111 Å². The van der Waals surface area contributed by atoms with Crippen molar-refractivity contribution in [3.63, 3.8) is 0 Å². The molecule has 1 atom stereocenters. The largest absolute Gasteiger partial charge is 0.481 e. The number of carboxylic acids is 1. The lowest BCUT2D eigenvalue weighted by atomic mass is 9.95. The number of likely N-dealkylation sites (tertiary alicyclic amines) is 1. The highest BCUT2D eigenvalue weighted by atomic mass is 16.5. The summed E-state index contributed by atoms with van der Waals surface area (Å²) in [5.74, 6) is -1.63. The van der Waals surface area contributed by atoms with E-state index in [0.717, 1.165) is 12.8 Å². The third-order valence-corrected chi connectivity index (χ3v) is 3.25. The van der Waals surface area contributed by atoms with E-state index in [9.17, 15) is 14.4 Å². The maximum absolute atomic E-state index is 11.8. The maximum atomic E-state index is 11.8. The molecular formula is C12H20N2O5. The number of urea groups is 1. The quantitative estimate of drug-likeness (QED) is 0.780. The summed E-state index contributed by atoms with van der Waals surface area (Å²) in [7, 11) is 1.60. The Hall–Kier alpha value is -1.63. The van der Waals surface area contributed by atoms with Crippen LogP contribution >= 0.6 is 0 Å². The number of hydrogen-bond acceptors (Lipinski definition) is 4. The van der Waals surface area contributed by atoms with Crippen LogP contribution in [0.2, 0.25) is 0 Å². The topological polar surface area (TPSA) is 95.9 Å². The third kappa shape index (κ3) is 4.86. The minimum Gasteiger partial charge on any atom is -0.481 e. The summed E-state index contributed by atoms with van der Waals surface area (Å²) in [6, 6.07) is -0.488. The molecule has 7 nitrogen and oxygen atoms in total. The molecule has 108 valence electrons. The zero-order valence-electron chi connectivity index (χ0n) is 11.3. The van der Waals surface area contributed by atoms with Crippen LogP contribution in [-0.4, -0.2) is 53.7 Å². The highest BCUT2D eigenvalue weighted by Crippen LogP contribution is 2.23. The number of aliphatic carboxylic acids is 1. The number of hydrogen-bond donors (Lipinski definition) is 2. The van der Waals surface area contributed by atoms with Crippen LogP contribution in [-0.2, 0) is 14.3 Å². The molecule has 1 aliphatic rings. The van der Waals surface area contributed by atoms with Gasteiger partial charge in [-0.3, -0.25) is 14.9 Å². The standard InChI is InChI=1S/C12H20N2O5/c1-12(19-2)6-3-7-14(8-12)11(18)13-9(15)4-5-10(16)17/h3-8H2,1-2H3,(H,16,17)(H,13,15,18). The fourth-order valence-electron chi connectivity index (χ4n) is 2.03. The van der Waals surface area contributed by atoms with E-state index in [0.29, 0.717) is 13.1 Å². The molecule has 0 spiro atoms. The Morgan fingerprint density at radius 1 is 1.37 bits per heavy atom. The summed E-state index contributed by atoms with van der Waals surface area (Å²) in [6.07, 6.45) is 1.19. The van der Waals surface area contributed by atoms with Crippen LogP contribution in [0, 0.1) is 0 Å². The van der Waals surface area contributed by atoms with E-state index in [4.69, 9.17) is 9.84 Å². The Morgan fingerprint density at radius 3 is 2.63 bits per heavy atom. The monoisotopic (exact) mass is 272 g/mol. The van der Waals surface area contributed by atoms with Crippen molar-refractivity contribution in [3.05, 3.63) is 0 Å². The molecule has 1 aliphatic heterocycles. The fourth-order valence-corrected chi connectivity index (χ4v) is 2.03. The van der Waals surface area contributed by atoms with Gasteiger partial charge in [-0.1, -0.05) is 0 Å². The van der Waals surface area contributed by atoms with Gasteiger partial charge in [0.25, 0.3) is 0 Å². The molecule has 0 aromatic heterocycles. The highest BCUT2D eigenvalue weighted by Gasteiger charge is 2.33. The van der Waals surface area contributed by atoms with Gasteiger partial charge in [-0.25, -0.2) is 4.79 Å². The second-order valence-corrected chi connectivity index (χ2v) is 4.93. The second-order valence-electron chi connectivity index (χ2n) is 4.93. The number of methoxy groups -OCH3 is 1. The molecule has 3 amide bonds. The summed E-state index contributed by atoms with van der Waals surface area (Å²) < 4.78 is 5.36. The summed E-state index contributed by atoms with van der Waals surface area (Å²) in [4.78, 5) is 35.1. The molecule has 0 aromatic carbocycles. The van der Waals surface area contributed by atoms with Crippen molar-refractivity contribution in [3.8, 4) is 0 Å². The maximum Gasteiger partial charge on any atom is 0.324 e. The first-order valence-corrected chi connectivity index (χ1v) is 6.22. The Balaban J connectivity index is 2.44. The summed E-state index contributed by atoms with van der Waals surface area (Å²) in [5, 5.41) is 10.6. The van der Waals surface area contributed by atoms with Crippen molar-refractivity contribution >= 4 is 17.9 Å². The average molecular weight is 272 g/mol. The van der Waals surface area contributed by atoms with Crippen LogP contribution in [0.1, 0.15) is 32.6 Å². The van der Waals surface area contributed by atoms with E-state index in [1.54, 1.807) is 7.11 Å². The molecule has 1 heterocycles. The molecule has 19 heavy (non-hydrogen) atoms. The fraction of sp³-hybridized carbons (Fsp3) is 0.750. The molecule has 0 radical (unpaired) electrons. The van der Waals surface area contributed by atoms with Gasteiger partial charge in [-0.05, 0) is 19.8 Å². The molecule has 0 saturated carbocycles. The number of nitrogens with zero attached hydrogens (tertiary/aromatic N) is 1. The van der Waals surface area contributed by atoms with Crippen LogP contribution < -0.4 is 5.32 Å². The van der Waals surface area contributed by atoms with Gasteiger partial charge < -0.3 is 14.7 Å². The second kappa shape index (κ2) is 6.51. The van der Waals surface area contributed by atoms with E-state index >= 15 is 0 Å². The van der Waals surface area contributed by atoms with E-state index in [2.05, 4.69) is 5.32 Å². The number of rotatable bonds is 4. The molecular weight excluding hydrogens is 252 g/mol. The number of ether oxygens (including phenoxy) is 1. The minimum absolute atomic E-state index is 0.198. The van der Waals surface area contributed by atoms with E-state index in [-0.39, 0.29) is 18.4 Å². The molecule has 2 N–H and O–H groups in total. The molecule has 0 bridgehead atoms. The molecule has 1 unspecified atom stereocenters. The first-order valence-electron chi connectivity index (χ1n) is 6.22. The van der Waals surface area contributed by atoms with Crippen molar-refractivity contribution in [2.45, 2.75) is 38.2 Å². The van der Waals surface area contributed by atoms with Crippen molar-refractivity contribution in [2.24, 2.45) is 0 Å². The van der Waals surface area contributed by atoms with Crippen LogP contribution in [0.3, 0.4) is 0 Å². The van der Waals surface area contributed by atoms with Crippen molar-refractivity contribution < 1.29 is 24.2 Å². The number of carbonyl (C=O) groups is 3. The van der Waals surface area contributed by atoms with Gasteiger partial charge in [0.15, 0.2) is 0 Å². The van der Waals surface area contributed by atoms with Crippen molar-refractivity contribution in [1.82, 2.24) is 10.2 Å². The lowest BCUT2D eigenvalue weighted by Crippen LogP contribution is -2.53. The predicted molar refractivity (Wildman–Crippen MR) is 66.6 cm³/mol. The van der Waals surface area contributed by atoms with Gasteiger partial charge in [-0.15, -0.1) is 0 Å². The molecule has 7 heteroatoms. The molecule has 0 aromatic rings. The SMILES string of the molecule is COC1(C)CCCN(C(=O)NC(=O)CCC(=O)O)C1. The van der Waals surface area contributed by atoms with Crippen LogP contribution in [0.15, 0.2) is 0 Å². The number of piperidine rings is 1. The Morgan fingerprint density at radius 2 is 2.05 bits per heavy atom. The number of carbonyl (C=O) groups excluding carboxylic acids is 2. The zero-order chi connectivity index (χ0) is 14.5. The van der Waals surface area contributed by atoms with Gasteiger partial charge in [-0.2, -0.15) is 0 Å². The van der Waals surface area contributed by atoms with Gasteiger partial charge in [0.2, 0.25) is 5.91 Å². The lowest BCUT2D eigenvalue weighted by Gasteiger charge is -2.39. The molecule has 1 saturated heterocycles. The number of nitrogens with one attached hydrogen (secondary N) is 1. The first-order chi connectivity index (χ1) is 8.86. The Bertz CT molecular complexity index is 371. The van der Waals surface area contributed by atoms with Crippen LogP contribution in [0.4, 0.5) is 4.79 Å². The summed E-state index contributed by atoms with van der Waals surface area (Å²) in [5.41, 5.74) is -0.389. The highest BCUT2D eigenvalue weighted by molar-refractivity contribution is 5.95. The van der Waals surface area contributed by atoms with Crippen molar-refractivity contribution in [1.29, 1.82) is 0 Å². The lowest BCUT2D eigenvalue weighted by molar-refractivity contribution is -0.138. The minimum atomic E-state index is -1.06. The van der Waals surface area contributed by atoms with Crippen LogP contribution in [0.5, 0.6) is 0 Å². The van der Waals surface area contributed by atoms with E-state index in [1.807, 2.05) is 6.92 Å². The van der Waals surface area contributed by atoms with Crippen molar-refractivity contribution in [2.75, 3.05) is 20.2 Å². The summed E-state index contributed by atoms with van der Waals surface area (Å²) >= 11 is 0. The van der Waals surface area contributed by atoms with E-state index in [1.165, 1.54) is 4.90 Å². The first kappa shape index (κ1) is 15.4. The van der Waals surface area contributed by atoms with Gasteiger partial charge >= 0.3 is 12.0 Å². The zero-order valence-corrected chi connectivity index (χ0v) is 11.3. The molecule has 0 aliphatic carbocycles. The normalized spacial score (nSPS) is 22.9.